The van der Waals surface area contributed by atoms with Crippen LogP contribution in [0.4, 0.5) is 5.95 Å². The molecule has 0 saturated heterocycles. The molecular formula is C22H26Cl2N4O. The fourth-order valence-electron chi connectivity index (χ4n) is 4.17. The van der Waals surface area contributed by atoms with Crippen LogP contribution in [0, 0.1) is 0 Å². The van der Waals surface area contributed by atoms with E-state index < -0.39 is 0 Å². The summed E-state index contributed by atoms with van der Waals surface area (Å²) in [5.41, 5.74) is 3.13. The molecule has 1 aliphatic heterocycles. The van der Waals surface area contributed by atoms with Crippen LogP contribution in [0.5, 0.6) is 0 Å². The van der Waals surface area contributed by atoms with Crippen molar-refractivity contribution in [2.24, 2.45) is 0 Å². The third-order valence-electron chi connectivity index (χ3n) is 5.98. The minimum atomic E-state index is 0.0728. The highest BCUT2D eigenvalue weighted by molar-refractivity contribution is 6.42. The molecule has 0 spiro atoms. The quantitative estimate of drug-likeness (QED) is 0.703. The lowest BCUT2D eigenvalue weighted by Crippen LogP contribution is -2.37. The van der Waals surface area contributed by atoms with Crippen LogP contribution in [0.1, 0.15) is 61.8 Å². The van der Waals surface area contributed by atoms with Gasteiger partial charge in [-0.15, -0.1) is 0 Å². The number of rotatable bonds is 5. The topological polar surface area (TPSA) is 58.1 Å². The van der Waals surface area contributed by atoms with Crippen LogP contribution in [-0.2, 0) is 17.8 Å². The van der Waals surface area contributed by atoms with Gasteiger partial charge in [0, 0.05) is 25.2 Å². The first-order valence-electron chi connectivity index (χ1n) is 10.3. The number of amides is 1. The number of hydrogen-bond acceptors (Lipinski definition) is 4. The first-order chi connectivity index (χ1) is 14.0. The molecule has 7 heteroatoms. The molecule has 1 unspecified atom stereocenters. The Bertz CT molecular complexity index is 898. The molecule has 1 aromatic heterocycles. The number of anilines is 1. The molecule has 2 aromatic rings. The average molecular weight is 433 g/mol. The van der Waals surface area contributed by atoms with Gasteiger partial charge in [-0.3, -0.25) is 4.79 Å². The molecule has 1 fully saturated rings. The molecule has 29 heavy (non-hydrogen) atoms. The summed E-state index contributed by atoms with van der Waals surface area (Å²) in [5.74, 6) is 0.899. The maximum Gasteiger partial charge on any atom is 0.223 e. The van der Waals surface area contributed by atoms with Crippen LogP contribution in [-0.4, -0.2) is 33.4 Å². The van der Waals surface area contributed by atoms with E-state index in [1.807, 2.05) is 30.2 Å². The van der Waals surface area contributed by atoms with Gasteiger partial charge in [0.25, 0.3) is 0 Å². The van der Waals surface area contributed by atoms with Crippen LogP contribution >= 0.6 is 23.2 Å². The third-order valence-corrected chi connectivity index (χ3v) is 6.72. The Morgan fingerprint density at radius 2 is 2.07 bits per heavy atom. The Kier molecular flexibility index (Phi) is 6.26. The van der Waals surface area contributed by atoms with E-state index in [4.69, 9.17) is 28.2 Å². The highest BCUT2D eigenvalue weighted by Crippen LogP contribution is 2.29. The molecule has 0 bridgehead atoms. The molecule has 1 saturated carbocycles. The Hall–Kier alpha value is -1.85. The molecule has 1 aliphatic carbocycles. The zero-order valence-corrected chi connectivity index (χ0v) is 18.1. The summed E-state index contributed by atoms with van der Waals surface area (Å²) in [6.07, 6.45) is 8.04. The van der Waals surface area contributed by atoms with E-state index in [2.05, 4.69) is 10.3 Å². The number of fused-ring (bicyclic) bond motifs is 1. The van der Waals surface area contributed by atoms with Crippen LogP contribution < -0.4 is 5.32 Å². The predicted molar refractivity (Wildman–Crippen MR) is 117 cm³/mol. The molecule has 1 aromatic carbocycles. The predicted octanol–water partition coefficient (Wildman–Crippen LogP) is 5.22. The molecule has 1 amide bonds. The molecule has 2 aliphatic rings. The van der Waals surface area contributed by atoms with E-state index in [0.717, 1.165) is 23.2 Å². The van der Waals surface area contributed by atoms with Crippen molar-refractivity contribution < 1.29 is 4.79 Å². The normalized spacial score (nSPS) is 17.8. The number of carbonyl (C=O) groups excluding carboxylic acids is 1. The molecule has 2 heterocycles. The largest absolute Gasteiger partial charge is 0.351 e. The van der Waals surface area contributed by atoms with E-state index in [-0.39, 0.29) is 11.8 Å². The maximum atomic E-state index is 12.9. The van der Waals surface area contributed by atoms with Crippen molar-refractivity contribution >= 4 is 35.1 Å². The van der Waals surface area contributed by atoms with Gasteiger partial charge in [-0.2, -0.15) is 0 Å². The van der Waals surface area contributed by atoms with Crippen molar-refractivity contribution in [2.45, 2.75) is 64.0 Å². The summed E-state index contributed by atoms with van der Waals surface area (Å²) >= 11 is 12.1. The van der Waals surface area contributed by atoms with Crippen LogP contribution in [0.25, 0.3) is 0 Å². The Labute approximate surface area is 181 Å². The number of nitrogens with one attached hydrogen (secondary N) is 1. The van der Waals surface area contributed by atoms with Gasteiger partial charge < -0.3 is 10.2 Å². The minimum Gasteiger partial charge on any atom is -0.351 e. The molecule has 0 radical (unpaired) electrons. The second-order valence-corrected chi connectivity index (χ2v) is 8.95. The first kappa shape index (κ1) is 20.4. The highest BCUT2D eigenvalue weighted by Gasteiger charge is 2.25. The first-order valence-corrected chi connectivity index (χ1v) is 11.1. The molecular weight excluding hydrogens is 407 g/mol. The lowest BCUT2D eigenvalue weighted by atomic mass is 9.96. The lowest BCUT2D eigenvalue weighted by molar-refractivity contribution is -0.132. The fourth-order valence-corrected chi connectivity index (χ4v) is 4.47. The van der Waals surface area contributed by atoms with Crippen LogP contribution in [0.2, 0.25) is 10.0 Å². The second kappa shape index (κ2) is 8.88. The van der Waals surface area contributed by atoms with E-state index >= 15 is 0 Å². The number of halogens is 2. The standard InChI is InChI=1S/C22H26Cl2N4O/c1-14(15-6-7-18(23)19(24)11-15)10-21(29)28-9-8-16-12-25-22(27-20(16)13-28)26-17-4-2-3-5-17/h6-7,11-12,14,17H,2-5,8-10,13H2,1H3,(H,25,26,27). The molecule has 1 atom stereocenters. The monoisotopic (exact) mass is 432 g/mol. The van der Waals surface area contributed by atoms with Crippen molar-refractivity contribution in [1.82, 2.24) is 14.9 Å². The highest BCUT2D eigenvalue weighted by atomic mass is 35.5. The van der Waals surface area contributed by atoms with Gasteiger partial charge >= 0.3 is 0 Å². The second-order valence-electron chi connectivity index (χ2n) is 8.14. The Balaban J connectivity index is 1.40. The van der Waals surface area contributed by atoms with Crippen LogP contribution in [0.3, 0.4) is 0 Å². The fraction of sp³-hybridized carbons (Fsp3) is 0.500. The van der Waals surface area contributed by atoms with Gasteiger partial charge in [0.15, 0.2) is 0 Å². The van der Waals surface area contributed by atoms with Gasteiger partial charge in [-0.25, -0.2) is 9.97 Å². The minimum absolute atomic E-state index is 0.0728. The summed E-state index contributed by atoms with van der Waals surface area (Å²) in [6, 6.07) is 6.04. The summed E-state index contributed by atoms with van der Waals surface area (Å²) in [6.45, 7) is 3.30. The smallest absolute Gasteiger partial charge is 0.223 e. The van der Waals surface area contributed by atoms with Crippen molar-refractivity contribution in [2.75, 3.05) is 11.9 Å². The van der Waals surface area contributed by atoms with Crippen molar-refractivity contribution in [1.29, 1.82) is 0 Å². The van der Waals surface area contributed by atoms with E-state index in [1.54, 1.807) is 6.07 Å². The van der Waals surface area contributed by atoms with Crippen LogP contribution in [0.15, 0.2) is 24.4 Å². The zero-order chi connectivity index (χ0) is 20.4. The van der Waals surface area contributed by atoms with Gasteiger partial charge in [0.2, 0.25) is 11.9 Å². The molecule has 154 valence electrons. The number of aromatic nitrogens is 2. The SMILES string of the molecule is CC(CC(=O)N1CCc2cnc(NC3CCCC3)nc2C1)c1ccc(Cl)c(Cl)c1. The zero-order valence-electron chi connectivity index (χ0n) is 16.6. The van der Waals surface area contributed by atoms with Crippen molar-refractivity contribution in [3.05, 3.63) is 51.3 Å². The number of benzene rings is 1. The average Bonchev–Trinajstić information content (AvgIpc) is 3.22. The van der Waals surface area contributed by atoms with Gasteiger partial charge in [-0.05, 0) is 48.4 Å². The molecule has 5 nitrogen and oxygen atoms in total. The summed E-state index contributed by atoms with van der Waals surface area (Å²) in [5, 5.41) is 4.50. The Morgan fingerprint density at radius 3 is 2.83 bits per heavy atom. The summed E-state index contributed by atoms with van der Waals surface area (Å²) in [4.78, 5) is 24.0. The third kappa shape index (κ3) is 4.84. The van der Waals surface area contributed by atoms with E-state index in [1.165, 1.54) is 25.7 Å². The van der Waals surface area contributed by atoms with E-state index in [9.17, 15) is 4.79 Å². The lowest BCUT2D eigenvalue weighted by Gasteiger charge is -2.29. The maximum absolute atomic E-state index is 12.9. The summed E-state index contributed by atoms with van der Waals surface area (Å²) < 4.78 is 0. The van der Waals surface area contributed by atoms with Crippen molar-refractivity contribution in [3.63, 3.8) is 0 Å². The number of hydrogen-bond donors (Lipinski definition) is 1. The number of nitrogens with zero attached hydrogens (tertiary/aromatic N) is 3. The molecule has 4 rings (SSSR count). The number of carbonyl (C=O) groups is 1. The van der Waals surface area contributed by atoms with E-state index in [0.29, 0.717) is 41.5 Å². The molecule has 1 N–H and O–H groups in total. The van der Waals surface area contributed by atoms with Gasteiger partial charge in [0.1, 0.15) is 0 Å². The Morgan fingerprint density at radius 1 is 1.28 bits per heavy atom. The van der Waals surface area contributed by atoms with Gasteiger partial charge in [-0.1, -0.05) is 49.0 Å². The van der Waals surface area contributed by atoms with Gasteiger partial charge in [0.05, 0.1) is 22.3 Å². The summed E-state index contributed by atoms with van der Waals surface area (Å²) in [7, 11) is 0. The van der Waals surface area contributed by atoms with Crippen molar-refractivity contribution in [3.8, 4) is 0 Å².